The summed E-state index contributed by atoms with van der Waals surface area (Å²) in [5.41, 5.74) is 2.94. The van der Waals surface area contributed by atoms with Crippen molar-refractivity contribution < 1.29 is 9.18 Å². The predicted octanol–water partition coefficient (Wildman–Crippen LogP) is 3.84. The van der Waals surface area contributed by atoms with Gasteiger partial charge in [0.15, 0.2) is 5.17 Å². The van der Waals surface area contributed by atoms with Crippen LogP contribution in [0.4, 0.5) is 15.8 Å². The van der Waals surface area contributed by atoms with E-state index in [1.165, 1.54) is 12.1 Å². The lowest BCUT2D eigenvalue weighted by atomic mass is 10.2. The van der Waals surface area contributed by atoms with Gasteiger partial charge in [-0.05, 0) is 54.2 Å². The molecule has 2 aromatic carbocycles. The first kappa shape index (κ1) is 14.5. The number of nitrogens with one attached hydrogen (secondary N) is 2. The van der Waals surface area contributed by atoms with Crippen molar-refractivity contribution in [3.8, 4) is 0 Å². The Morgan fingerprint density at radius 1 is 1.24 bits per heavy atom. The fourth-order valence-corrected chi connectivity index (χ4v) is 4.21. The maximum absolute atomic E-state index is 13.3. The molecule has 0 saturated carbocycles. The van der Waals surface area contributed by atoms with E-state index in [2.05, 4.69) is 20.2 Å². The number of thioether (sulfide) groups is 1. The summed E-state index contributed by atoms with van der Waals surface area (Å²) < 4.78 is 13.3. The standard InChI is InChI=1S/C18H13FN4OS/c19-11-1-3-13-10(7-11)8-14(22-13)17(24)21-12-2-4-16-15(9-12)23-6-5-20-18(23)25-16/h1-4,7-9,22H,5-6H2,(H,21,24). The Morgan fingerprint density at radius 2 is 2.16 bits per heavy atom. The Labute approximate surface area is 146 Å². The number of carbonyl (C=O) groups is 1. The monoisotopic (exact) mass is 352 g/mol. The molecular weight excluding hydrogens is 339 g/mol. The van der Waals surface area contributed by atoms with Crippen LogP contribution < -0.4 is 10.2 Å². The number of H-pyrrole nitrogens is 1. The summed E-state index contributed by atoms with van der Waals surface area (Å²) in [5, 5.41) is 4.60. The van der Waals surface area contributed by atoms with E-state index in [1.807, 2.05) is 18.2 Å². The Kier molecular flexibility index (Phi) is 3.11. The number of anilines is 2. The molecule has 2 aliphatic heterocycles. The molecule has 5 rings (SSSR count). The highest BCUT2D eigenvalue weighted by Gasteiger charge is 2.29. The average molecular weight is 352 g/mol. The predicted molar refractivity (Wildman–Crippen MR) is 98.2 cm³/mol. The lowest BCUT2D eigenvalue weighted by Crippen LogP contribution is -2.21. The highest BCUT2D eigenvalue weighted by Crippen LogP contribution is 2.43. The summed E-state index contributed by atoms with van der Waals surface area (Å²) in [5.74, 6) is -0.574. The van der Waals surface area contributed by atoms with Crippen molar-refractivity contribution in [2.75, 3.05) is 23.3 Å². The fraction of sp³-hybridized carbons (Fsp3) is 0.111. The van der Waals surface area contributed by atoms with Gasteiger partial charge in [0, 0.05) is 28.0 Å². The van der Waals surface area contributed by atoms with Crippen LogP contribution in [-0.4, -0.2) is 29.1 Å². The first-order valence-corrected chi connectivity index (χ1v) is 8.72. The zero-order chi connectivity index (χ0) is 17.0. The molecule has 0 bridgehead atoms. The zero-order valence-corrected chi connectivity index (χ0v) is 13.9. The number of halogens is 1. The summed E-state index contributed by atoms with van der Waals surface area (Å²) in [4.78, 5) is 23.3. The Hall–Kier alpha value is -2.80. The Balaban J connectivity index is 1.42. The highest BCUT2D eigenvalue weighted by atomic mass is 32.2. The second-order valence-corrected chi connectivity index (χ2v) is 6.98. The van der Waals surface area contributed by atoms with Gasteiger partial charge < -0.3 is 15.2 Å². The van der Waals surface area contributed by atoms with Crippen LogP contribution >= 0.6 is 11.8 Å². The highest BCUT2D eigenvalue weighted by molar-refractivity contribution is 8.14. The van der Waals surface area contributed by atoms with Gasteiger partial charge in [-0.15, -0.1) is 0 Å². The van der Waals surface area contributed by atoms with Crippen molar-refractivity contribution in [2.24, 2.45) is 4.99 Å². The molecule has 0 aliphatic carbocycles. The van der Waals surface area contributed by atoms with Crippen LogP contribution in [0.15, 0.2) is 52.4 Å². The molecular formula is C18H13FN4OS. The van der Waals surface area contributed by atoms with Gasteiger partial charge in [0.25, 0.3) is 5.91 Å². The molecule has 1 amide bonds. The minimum absolute atomic E-state index is 0.252. The smallest absolute Gasteiger partial charge is 0.272 e. The zero-order valence-electron chi connectivity index (χ0n) is 13.0. The van der Waals surface area contributed by atoms with Crippen LogP contribution in [0.25, 0.3) is 10.9 Å². The van der Waals surface area contributed by atoms with Gasteiger partial charge in [0.1, 0.15) is 11.5 Å². The number of benzene rings is 2. The van der Waals surface area contributed by atoms with Crippen LogP contribution in [0, 0.1) is 5.82 Å². The van der Waals surface area contributed by atoms with Gasteiger partial charge in [0.05, 0.1) is 12.2 Å². The normalized spacial score (nSPS) is 15.2. The number of hydrogen-bond donors (Lipinski definition) is 2. The first-order chi connectivity index (χ1) is 12.2. The van der Waals surface area contributed by atoms with Crippen LogP contribution in [0.2, 0.25) is 0 Å². The third-order valence-corrected chi connectivity index (χ3v) is 5.44. The first-order valence-electron chi connectivity index (χ1n) is 7.91. The number of fused-ring (bicyclic) bond motifs is 4. The number of aliphatic imine (C=N–C) groups is 1. The molecule has 1 aromatic heterocycles. The molecule has 25 heavy (non-hydrogen) atoms. The summed E-state index contributed by atoms with van der Waals surface area (Å²) >= 11 is 1.66. The van der Waals surface area contributed by atoms with Crippen LogP contribution in [0.1, 0.15) is 10.5 Å². The quantitative estimate of drug-likeness (QED) is 0.737. The van der Waals surface area contributed by atoms with E-state index in [9.17, 15) is 9.18 Å². The van der Waals surface area contributed by atoms with Crippen molar-refractivity contribution >= 4 is 45.1 Å². The summed E-state index contributed by atoms with van der Waals surface area (Å²) in [6.45, 7) is 1.68. The number of aromatic amines is 1. The van der Waals surface area contributed by atoms with E-state index >= 15 is 0 Å². The summed E-state index contributed by atoms with van der Waals surface area (Å²) in [7, 11) is 0. The van der Waals surface area contributed by atoms with Crippen molar-refractivity contribution in [2.45, 2.75) is 4.90 Å². The molecule has 0 spiro atoms. The van der Waals surface area contributed by atoms with E-state index in [1.54, 1.807) is 23.9 Å². The number of rotatable bonds is 2. The Morgan fingerprint density at radius 3 is 3.08 bits per heavy atom. The molecule has 0 saturated heterocycles. The SMILES string of the molecule is O=C(Nc1ccc2c(c1)N1CCN=C1S2)c1cc2cc(F)ccc2[nH]1. The number of hydrogen-bond acceptors (Lipinski definition) is 4. The molecule has 0 radical (unpaired) electrons. The second kappa shape index (κ2) is 5.35. The third kappa shape index (κ3) is 2.39. The van der Waals surface area contributed by atoms with Gasteiger partial charge in [-0.2, -0.15) is 0 Å². The van der Waals surface area contributed by atoms with Gasteiger partial charge >= 0.3 is 0 Å². The van der Waals surface area contributed by atoms with Gasteiger partial charge in [-0.3, -0.25) is 9.79 Å². The summed E-state index contributed by atoms with van der Waals surface area (Å²) in [6, 6.07) is 11.9. The average Bonchev–Trinajstić information content (AvgIpc) is 3.28. The molecule has 7 heteroatoms. The molecule has 124 valence electrons. The number of nitrogens with zero attached hydrogens (tertiary/aromatic N) is 2. The molecule has 0 atom stereocenters. The maximum atomic E-state index is 13.3. The molecule has 5 nitrogen and oxygen atoms in total. The number of amidine groups is 1. The molecule has 0 unspecified atom stereocenters. The third-order valence-electron chi connectivity index (χ3n) is 4.34. The minimum atomic E-state index is -0.322. The molecule has 3 aromatic rings. The van der Waals surface area contributed by atoms with Crippen LogP contribution in [0.3, 0.4) is 0 Å². The van der Waals surface area contributed by atoms with Crippen molar-refractivity contribution in [3.05, 3.63) is 54.0 Å². The lowest BCUT2D eigenvalue weighted by Gasteiger charge is -2.13. The summed E-state index contributed by atoms with van der Waals surface area (Å²) in [6.07, 6.45) is 0. The molecule has 2 aliphatic rings. The van der Waals surface area contributed by atoms with Crippen LogP contribution in [0.5, 0.6) is 0 Å². The molecule has 3 heterocycles. The van der Waals surface area contributed by atoms with Crippen molar-refractivity contribution in [1.29, 1.82) is 0 Å². The van der Waals surface area contributed by atoms with E-state index in [4.69, 9.17) is 0 Å². The van der Waals surface area contributed by atoms with E-state index < -0.39 is 0 Å². The van der Waals surface area contributed by atoms with Gasteiger partial charge in [-0.25, -0.2) is 4.39 Å². The molecule has 2 N–H and O–H groups in total. The van der Waals surface area contributed by atoms with Gasteiger partial charge in [0.2, 0.25) is 0 Å². The fourth-order valence-electron chi connectivity index (χ4n) is 3.15. The Bertz CT molecular complexity index is 1060. The number of carbonyl (C=O) groups excluding carboxylic acids is 1. The van der Waals surface area contributed by atoms with Crippen molar-refractivity contribution in [1.82, 2.24) is 4.98 Å². The number of aromatic nitrogens is 1. The lowest BCUT2D eigenvalue weighted by molar-refractivity contribution is 0.102. The molecule has 0 fully saturated rings. The largest absolute Gasteiger partial charge is 0.351 e. The minimum Gasteiger partial charge on any atom is -0.351 e. The maximum Gasteiger partial charge on any atom is 0.272 e. The van der Waals surface area contributed by atoms with Crippen LogP contribution in [-0.2, 0) is 0 Å². The van der Waals surface area contributed by atoms with Gasteiger partial charge in [-0.1, -0.05) is 0 Å². The van der Waals surface area contributed by atoms with E-state index in [-0.39, 0.29) is 11.7 Å². The van der Waals surface area contributed by atoms with E-state index in [0.717, 1.165) is 40.0 Å². The second-order valence-electron chi connectivity index (χ2n) is 5.97. The van der Waals surface area contributed by atoms with E-state index in [0.29, 0.717) is 11.1 Å². The number of amides is 1. The topological polar surface area (TPSA) is 60.5 Å². The van der Waals surface area contributed by atoms with Crippen molar-refractivity contribution in [3.63, 3.8) is 0 Å².